The van der Waals surface area contributed by atoms with Crippen molar-refractivity contribution in [3.63, 3.8) is 0 Å². The largest absolute Gasteiger partial charge is 0.507 e. The van der Waals surface area contributed by atoms with E-state index >= 15 is 0 Å². The van der Waals surface area contributed by atoms with E-state index in [1.165, 1.54) is 48.5 Å². The summed E-state index contributed by atoms with van der Waals surface area (Å²) in [4.78, 5) is -0.741. The lowest BCUT2D eigenvalue weighted by Gasteiger charge is -2.07. The highest BCUT2D eigenvalue weighted by molar-refractivity contribution is 7.86. The monoisotopic (exact) mass is 473 g/mol. The number of nitrogen functional groups attached to an aromatic ring is 1. The van der Waals surface area contributed by atoms with Gasteiger partial charge in [0.15, 0.2) is 0 Å². The SMILES string of the molecule is Nc1ccc(N=Nc2ccc3cc(S(=O)(=O)O)cc(O)c3c2)c2ccc(S(=O)(=O)O)cc12. The maximum atomic E-state index is 11.4. The van der Waals surface area contributed by atoms with E-state index in [0.29, 0.717) is 32.9 Å². The lowest BCUT2D eigenvalue weighted by Crippen LogP contribution is -1.98. The molecular formula is C20H15N3O7S2. The normalized spacial score (nSPS) is 12.7. The Kier molecular flexibility index (Phi) is 5.09. The van der Waals surface area contributed by atoms with Crippen molar-refractivity contribution in [3.8, 4) is 5.75 Å². The van der Waals surface area contributed by atoms with Crippen molar-refractivity contribution >= 4 is 58.8 Å². The molecule has 0 saturated carbocycles. The van der Waals surface area contributed by atoms with Gasteiger partial charge in [0, 0.05) is 27.9 Å². The Labute approximate surface area is 182 Å². The summed E-state index contributed by atoms with van der Waals surface area (Å²) in [5.41, 5.74) is 6.93. The maximum Gasteiger partial charge on any atom is 0.294 e. The van der Waals surface area contributed by atoms with Crippen LogP contribution in [0.3, 0.4) is 0 Å². The predicted octanol–water partition coefficient (Wildman–Crippen LogP) is 4.19. The Morgan fingerprint density at radius 1 is 0.688 bits per heavy atom. The van der Waals surface area contributed by atoms with Crippen molar-refractivity contribution in [2.45, 2.75) is 9.79 Å². The molecule has 0 amide bonds. The molecule has 12 heteroatoms. The molecule has 4 rings (SSSR count). The minimum Gasteiger partial charge on any atom is -0.507 e. The molecule has 0 aliphatic rings. The van der Waals surface area contributed by atoms with Crippen LogP contribution in [0.5, 0.6) is 5.75 Å². The fraction of sp³-hybridized carbons (Fsp3) is 0. The van der Waals surface area contributed by atoms with Gasteiger partial charge < -0.3 is 10.8 Å². The number of fused-ring (bicyclic) bond motifs is 2. The van der Waals surface area contributed by atoms with Gasteiger partial charge in [-0.15, -0.1) is 5.11 Å². The van der Waals surface area contributed by atoms with Crippen molar-refractivity contribution in [2.75, 3.05) is 5.73 Å². The molecule has 10 nitrogen and oxygen atoms in total. The van der Waals surface area contributed by atoms with Crippen LogP contribution in [0.1, 0.15) is 0 Å². The van der Waals surface area contributed by atoms with Crippen molar-refractivity contribution in [3.05, 3.63) is 60.7 Å². The summed E-state index contributed by atoms with van der Waals surface area (Å²) in [6.45, 7) is 0. The molecular weight excluding hydrogens is 458 g/mol. The van der Waals surface area contributed by atoms with E-state index in [1.807, 2.05) is 0 Å². The standard InChI is InChI=1S/C20H15N3O7S2/c21-18-5-6-19(15-4-3-13(9-17(15)18)31(25,26)27)23-22-12-2-1-11-7-14(32(28,29)30)10-20(24)16(11)8-12/h1-10,24H,21H2,(H,25,26,27)(H,28,29,30). The molecule has 0 radical (unpaired) electrons. The van der Waals surface area contributed by atoms with E-state index in [0.717, 1.165) is 6.07 Å². The number of anilines is 1. The number of nitrogens with zero attached hydrogens (tertiary/aromatic N) is 2. The highest BCUT2D eigenvalue weighted by atomic mass is 32.2. The molecule has 4 aromatic rings. The summed E-state index contributed by atoms with van der Waals surface area (Å²) in [7, 11) is -8.88. The van der Waals surface area contributed by atoms with Crippen LogP contribution < -0.4 is 5.73 Å². The highest BCUT2D eigenvalue weighted by Gasteiger charge is 2.14. The zero-order valence-corrected chi connectivity index (χ0v) is 17.7. The predicted molar refractivity (Wildman–Crippen MR) is 118 cm³/mol. The van der Waals surface area contributed by atoms with Gasteiger partial charge in [0.1, 0.15) is 5.75 Å². The number of rotatable bonds is 4. The van der Waals surface area contributed by atoms with Gasteiger partial charge in [0.05, 0.1) is 21.2 Å². The number of hydrogen-bond acceptors (Lipinski definition) is 8. The van der Waals surface area contributed by atoms with Crippen LogP contribution in [-0.2, 0) is 20.2 Å². The third-order valence-corrected chi connectivity index (χ3v) is 6.44. The topological polar surface area (TPSA) is 180 Å². The smallest absolute Gasteiger partial charge is 0.294 e. The highest BCUT2D eigenvalue weighted by Crippen LogP contribution is 2.35. The first-order valence-corrected chi connectivity index (χ1v) is 11.8. The lowest BCUT2D eigenvalue weighted by atomic mass is 10.1. The van der Waals surface area contributed by atoms with E-state index in [1.54, 1.807) is 6.07 Å². The van der Waals surface area contributed by atoms with Crippen LogP contribution in [0.4, 0.5) is 17.1 Å². The Hall–Kier alpha value is -3.58. The third kappa shape index (κ3) is 4.11. The Morgan fingerprint density at radius 3 is 2.09 bits per heavy atom. The number of azo groups is 1. The molecule has 5 N–H and O–H groups in total. The van der Waals surface area contributed by atoms with Crippen LogP contribution in [-0.4, -0.2) is 31.0 Å². The van der Waals surface area contributed by atoms with Gasteiger partial charge in [-0.25, -0.2) is 0 Å². The average Bonchev–Trinajstić information content (AvgIpc) is 2.72. The molecule has 0 saturated heterocycles. The first kappa shape index (κ1) is 21.6. The van der Waals surface area contributed by atoms with Gasteiger partial charge in [-0.1, -0.05) is 12.1 Å². The minimum atomic E-state index is -4.48. The van der Waals surface area contributed by atoms with Crippen molar-refractivity contribution in [1.29, 1.82) is 0 Å². The molecule has 0 atom stereocenters. The van der Waals surface area contributed by atoms with E-state index in [-0.39, 0.29) is 16.3 Å². The molecule has 164 valence electrons. The van der Waals surface area contributed by atoms with Gasteiger partial charge in [0.2, 0.25) is 0 Å². The van der Waals surface area contributed by atoms with Crippen LogP contribution >= 0.6 is 0 Å². The molecule has 0 unspecified atom stereocenters. The number of nitrogens with two attached hydrogens (primary N) is 1. The van der Waals surface area contributed by atoms with Gasteiger partial charge in [-0.05, 0) is 47.9 Å². The van der Waals surface area contributed by atoms with Gasteiger partial charge in [-0.2, -0.15) is 21.9 Å². The summed E-state index contributed by atoms with van der Waals surface area (Å²) < 4.78 is 63.9. The zero-order chi connectivity index (χ0) is 23.3. The van der Waals surface area contributed by atoms with Crippen molar-refractivity contribution < 1.29 is 31.0 Å². The van der Waals surface area contributed by atoms with Crippen LogP contribution in [0, 0.1) is 0 Å². The summed E-state index contributed by atoms with van der Waals surface area (Å²) in [5.74, 6) is -0.358. The Bertz CT molecular complexity index is 1650. The first-order valence-electron chi connectivity index (χ1n) is 8.89. The lowest BCUT2D eigenvalue weighted by molar-refractivity contribution is 0.471. The Morgan fingerprint density at radius 2 is 1.41 bits per heavy atom. The van der Waals surface area contributed by atoms with Gasteiger partial charge >= 0.3 is 0 Å². The number of benzene rings is 4. The molecule has 0 aliphatic carbocycles. The van der Waals surface area contributed by atoms with E-state index in [2.05, 4.69) is 10.2 Å². The molecule has 0 fully saturated rings. The second-order valence-corrected chi connectivity index (χ2v) is 9.72. The molecule has 0 aromatic heterocycles. The van der Waals surface area contributed by atoms with Crippen LogP contribution in [0.25, 0.3) is 21.5 Å². The zero-order valence-electron chi connectivity index (χ0n) is 16.0. The maximum absolute atomic E-state index is 11.4. The molecule has 0 bridgehead atoms. The van der Waals surface area contributed by atoms with Crippen LogP contribution in [0.15, 0.2) is 80.7 Å². The van der Waals surface area contributed by atoms with Gasteiger partial charge in [0.25, 0.3) is 20.2 Å². The van der Waals surface area contributed by atoms with E-state index in [9.17, 15) is 31.0 Å². The van der Waals surface area contributed by atoms with E-state index in [4.69, 9.17) is 5.73 Å². The first-order chi connectivity index (χ1) is 14.9. The number of aromatic hydroxyl groups is 1. The fourth-order valence-corrected chi connectivity index (χ4v) is 4.25. The average molecular weight is 473 g/mol. The summed E-state index contributed by atoms with van der Waals surface area (Å²) >= 11 is 0. The summed E-state index contributed by atoms with van der Waals surface area (Å²) in [6, 6.07) is 13.7. The number of hydrogen-bond donors (Lipinski definition) is 4. The fourth-order valence-electron chi connectivity index (χ4n) is 3.20. The molecule has 32 heavy (non-hydrogen) atoms. The van der Waals surface area contributed by atoms with Crippen molar-refractivity contribution in [1.82, 2.24) is 0 Å². The minimum absolute atomic E-state index is 0.287. The van der Waals surface area contributed by atoms with Crippen LogP contribution in [0.2, 0.25) is 0 Å². The second kappa shape index (κ2) is 7.53. The quantitative estimate of drug-likeness (QED) is 0.193. The molecule has 4 aromatic carbocycles. The second-order valence-electron chi connectivity index (χ2n) is 6.88. The van der Waals surface area contributed by atoms with Crippen molar-refractivity contribution in [2.24, 2.45) is 10.2 Å². The molecule has 0 heterocycles. The number of phenols is 1. The Balaban J connectivity index is 1.77. The van der Waals surface area contributed by atoms with Gasteiger partial charge in [-0.3, -0.25) is 9.11 Å². The molecule has 0 aliphatic heterocycles. The third-order valence-electron chi connectivity index (χ3n) is 4.76. The van der Waals surface area contributed by atoms with E-state index < -0.39 is 25.1 Å². The molecule has 0 spiro atoms. The summed E-state index contributed by atoms with van der Waals surface area (Å²) in [5, 5.41) is 20.0. The summed E-state index contributed by atoms with van der Waals surface area (Å²) in [6.07, 6.45) is 0. The number of phenolic OH excluding ortho intramolecular Hbond substituents is 1.